The van der Waals surface area contributed by atoms with E-state index in [4.69, 9.17) is 4.74 Å². The number of benzene rings is 2. The van der Waals surface area contributed by atoms with Crippen LogP contribution in [0.5, 0.6) is 5.75 Å². The summed E-state index contributed by atoms with van der Waals surface area (Å²) in [5, 5.41) is 15.2. The van der Waals surface area contributed by atoms with Crippen molar-refractivity contribution in [2.45, 2.75) is 25.3 Å². The second-order valence-electron chi connectivity index (χ2n) is 7.56. The first-order valence-electron chi connectivity index (χ1n) is 10.5. The van der Waals surface area contributed by atoms with Crippen molar-refractivity contribution in [3.63, 3.8) is 0 Å². The number of aromatic nitrogens is 2. The lowest BCUT2D eigenvalue weighted by Crippen LogP contribution is -2.44. The maximum absolute atomic E-state index is 12.7. The molecule has 0 spiro atoms. The molecule has 32 heavy (non-hydrogen) atoms. The van der Waals surface area contributed by atoms with Gasteiger partial charge < -0.3 is 20.3 Å². The second-order valence-corrected chi connectivity index (χ2v) is 8.57. The molecule has 1 saturated heterocycles. The van der Waals surface area contributed by atoms with Crippen molar-refractivity contribution in [3.05, 3.63) is 70.2 Å². The summed E-state index contributed by atoms with van der Waals surface area (Å²) in [5.41, 5.74) is 1.69. The Morgan fingerprint density at radius 2 is 2.00 bits per heavy atom. The van der Waals surface area contributed by atoms with E-state index in [0.29, 0.717) is 30.3 Å². The number of nitrogens with one attached hydrogen (secondary N) is 2. The number of rotatable bonds is 6. The quantitative estimate of drug-likeness (QED) is 0.593. The molecule has 3 aromatic rings. The van der Waals surface area contributed by atoms with Gasteiger partial charge in [-0.15, -0.1) is 10.2 Å². The van der Waals surface area contributed by atoms with E-state index >= 15 is 0 Å². The van der Waals surface area contributed by atoms with E-state index in [1.807, 2.05) is 54.6 Å². The highest BCUT2D eigenvalue weighted by molar-refractivity contribution is 7.13. The molecule has 2 N–H and O–H groups in total. The minimum atomic E-state index is -0.274. The van der Waals surface area contributed by atoms with E-state index in [1.165, 1.54) is 11.3 Å². The molecule has 0 bridgehead atoms. The van der Waals surface area contributed by atoms with Crippen molar-refractivity contribution in [1.82, 2.24) is 20.4 Å². The molecule has 0 radical (unpaired) electrons. The first-order chi connectivity index (χ1) is 15.6. The topological polar surface area (TPSA) is 96.4 Å². The zero-order chi connectivity index (χ0) is 22.3. The summed E-state index contributed by atoms with van der Waals surface area (Å²) in [4.78, 5) is 27.0. The van der Waals surface area contributed by atoms with Crippen LogP contribution in [0.25, 0.3) is 0 Å². The number of hydrogen-bond donors (Lipinski definition) is 2. The summed E-state index contributed by atoms with van der Waals surface area (Å²) in [7, 11) is 1.62. The lowest BCUT2D eigenvalue weighted by molar-refractivity contribution is 0.102. The largest absolute Gasteiger partial charge is 0.497 e. The summed E-state index contributed by atoms with van der Waals surface area (Å²) < 4.78 is 5.23. The number of hydrogen-bond acceptors (Lipinski definition) is 6. The van der Waals surface area contributed by atoms with Crippen molar-refractivity contribution in [2.75, 3.05) is 25.5 Å². The highest BCUT2D eigenvalue weighted by Crippen LogP contribution is 2.29. The van der Waals surface area contributed by atoms with Crippen molar-refractivity contribution >= 4 is 29.0 Å². The number of para-hydroxylation sites is 1. The summed E-state index contributed by atoms with van der Waals surface area (Å²) in [6, 6.07) is 16.8. The predicted molar refractivity (Wildman–Crippen MR) is 123 cm³/mol. The third-order valence-electron chi connectivity index (χ3n) is 5.30. The molecule has 1 aliphatic rings. The van der Waals surface area contributed by atoms with E-state index in [-0.39, 0.29) is 17.9 Å². The predicted octanol–water partition coefficient (Wildman–Crippen LogP) is 3.89. The van der Waals surface area contributed by atoms with Crippen LogP contribution in [0.4, 0.5) is 10.5 Å². The fourth-order valence-corrected chi connectivity index (χ4v) is 4.50. The molecule has 1 atom stereocenters. The molecule has 0 aliphatic carbocycles. The van der Waals surface area contributed by atoms with Gasteiger partial charge in [-0.3, -0.25) is 4.79 Å². The van der Waals surface area contributed by atoms with Crippen LogP contribution < -0.4 is 15.4 Å². The summed E-state index contributed by atoms with van der Waals surface area (Å²) in [5.74, 6) is 0.559. The maximum atomic E-state index is 12.7. The first kappa shape index (κ1) is 21.8. The summed E-state index contributed by atoms with van der Waals surface area (Å²) in [6.45, 7) is 1.68. The Hall–Kier alpha value is -3.46. The van der Waals surface area contributed by atoms with Gasteiger partial charge in [-0.25, -0.2) is 4.79 Å². The van der Waals surface area contributed by atoms with Crippen LogP contribution >= 0.6 is 11.3 Å². The van der Waals surface area contributed by atoms with Gasteiger partial charge in [0.15, 0.2) is 0 Å². The van der Waals surface area contributed by atoms with Gasteiger partial charge in [0.25, 0.3) is 5.91 Å². The number of amides is 3. The third kappa shape index (κ3) is 5.42. The average Bonchev–Trinajstić information content (AvgIpc) is 3.34. The molecule has 1 fully saturated rings. The number of anilines is 1. The van der Waals surface area contributed by atoms with Crippen molar-refractivity contribution < 1.29 is 14.3 Å². The lowest BCUT2D eigenvalue weighted by Gasteiger charge is -2.31. The number of urea groups is 1. The number of nitrogens with zero attached hydrogens (tertiary/aromatic N) is 3. The fourth-order valence-electron chi connectivity index (χ4n) is 3.63. The molecule has 1 aromatic heterocycles. The Kier molecular flexibility index (Phi) is 6.96. The van der Waals surface area contributed by atoms with Gasteiger partial charge in [0.05, 0.1) is 7.11 Å². The number of carbonyl (C=O) groups excluding carboxylic acids is 2. The highest BCUT2D eigenvalue weighted by Gasteiger charge is 2.28. The number of likely N-dealkylation sites (tertiary alicyclic amines) is 1. The van der Waals surface area contributed by atoms with Gasteiger partial charge >= 0.3 is 6.03 Å². The summed E-state index contributed by atoms with van der Waals surface area (Å²) >= 11 is 1.29. The molecule has 9 heteroatoms. The van der Waals surface area contributed by atoms with Crippen LogP contribution in [-0.4, -0.2) is 47.2 Å². The van der Waals surface area contributed by atoms with E-state index in [2.05, 4.69) is 20.8 Å². The van der Waals surface area contributed by atoms with Gasteiger partial charge in [-0.1, -0.05) is 41.7 Å². The van der Waals surface area contributed by atoms with E-state index in [9.17, 15) is 9.59 Å². The molecule has 1 aliphatic heterocycles. The third-order valence-corrected chi connectivity index (χ3v) is 6.39. The van der Waals surface area contributed by atoms with Gasteiger partial charge in [0, 0.05) is 31.2 Å². The molecule has 4 rings (SSSR count). The Morgan fingerprint density at radius 3 is 2.81 bits per heavy atom. The van der Waals surface area contributed by atoms with E-state index < -0.39 is 0 Å². The van der Waals surface area contributed by atoms with Crippen LogP contribution in [0.1, 0.15) is 39.1 Å². The lowest BCUT2D eigenvalue weighted by atomic mass is 9.99. The SMILES string of the molecule is COc1cccc(CNC(=O)N2CCC[C@H](c3nnc(C(=O)Nc4ccccc4)s3)C2)c1. The Balaban J connectivity index is 1.33. The van der Waals surface area contributed by atoms with Crippen LogP contribution in [0.3, 0.4) is 0 Å². The minimum absolute atomic E-state index is 0.0714. The van der Waals surface area contributed by atoms with Gasteiger partial charge in [0.2, 0.25) is 5.01 Å². The highest BCUT2D eigenvalue weighted by atomic mass is 32.1. The van der Waals surface area contributed by atoms with Crippen molar-refractivity contribution in [1.29, 1.82) is 0 Å². The normalized spacial score (nSPS) is 15.8. The van der Waals surface area contributed by atoms with Crippen LogP contribution in [0.2, 0.25) is 0 Å². The van der Waals surface area contributed by atoms with Crippen LogP contribution in [0, 0.1) is 0 Å². The molecule has 0 saturated carbocycles. The molecular formula is C23H25N5O3S. The van der Waals surface area contributed by atoms with Gasteiger partial charge in [-0.2, -0.15) is 0 Å². The van der Waals surface area contributed by atoms with Crippen LogP contribution in [-0.2, 0) is 6.54 Å². The average molecular weight is 452 g/mol. The number of ether oxygens (including phenoxy) is 1. The smallest absolute Gasteiger partial charge is 0.317 e. The number of piperidine rings is 1. The molecule has 166 valence electrons. The van der Waals surface area contributed by atoms with Crippen molar-refractivity contribution in [3.8, 4) is 5.75 Å². The Morgan fingerprint density at radius 1 is 1.16 bits per heavy atom. The van der Waals surface area contributed by atoms with Gasteiger partial charge in [-0.05, 0) is 42.7 Å². The van der Waals surface area contributed by atoms with Crippen LogP contribution in [0.15, 0.2) is 54.6 Å². The van der Waals surface area contributed by atoms with E-state index in [0.717, 1.165) is 29.2 Å². The van der Waals surface area contributed by atoms with Gasteiger partial charge in [0.1, 0.15) is 10.8 Å². The number of methoxy groups -OCH3 is 1. The maximum Gasteiger partial charge on any atom is 0.317 e. The molecule has 2 heterocycles. The molecule has 2 aromatic carbocycles. The second kappa shape index (κ2) is 10.2. The molecule has 0 unspecified atom stereocenters. The molecule has 8 nitrogen and oxygen atoms in total. The Bertz CT molecular complexity index is 1070. The Labute approximate surface area is 190 Å². The van der Waals surface area contributed by atoms with E-state index in [1.54, 1.807) is 12.0 Å². The number of carbonyl (C=O) groups is 2. The van der Waals surface area contributed by atoms with Crippen molar-refractivity contribution in [2.24, 2.45) is 0 Å². The zero-order valence-electron chi connectivity index (χ0n) is 17.8. The summed E-state index contributed by atoms with van der Waals surface area (Å²) in [6.07, 6.45) is 1.79. The monoisotopic (exact) mass is 451 g/mol. The molecular weight excluding hydrogens is 426 g/mol. The minimum Gasteiger partial charge on any atom is -0.497 e. The standard InChI is InChI=1S/C23H25N5O3S/c1-31-19-11-5-7-16(13-19)14-24-23(30)28-12-6-8-17(15-28)21-26-27-22(32-21)20(29)25-18-9-3-2-4-10-18/h2-5,7,9-11,13,17H,6,8,12,14-15H2,1H3,(H,24,30)(H,25,29)/t17-/m0/s1. The first-order valence-corrected chi connectivity index (χ1v) is 11.3. The zero-order valence-corrected chi connectivity index (χ0v) is 18.6. The molecule has 3 amide bonds. The fraction of sp³-hybridized carbons (Fsp3) is 0.304.